The molecule has 0 aromatic heterocycles. The van der Waals surface area contributed by atoms with Crippen LogP contribution in [0.15, 0.2) is 5.16 Å². The molecule has 0 fully saturated rings. The first-order chi connectivity index (χ1) is 7.35. The molecule has 0 saturated carbocycles. The van der Waals surface area contributed by atoms with Crippen molar-refractivity contribution >= 4 is 17.5 Å². The highest BCUT2D eigenvalue weighted by Gasteiger charge is 2.32. The zero-order valence-electron chi connectivity index (χ0n) is 9.40. The molecule has 7 heteroatoms. The first-order valence-electron chi connectivity index (χ1n) is 4.53. The van der Waals surface area contributed by atoms with E-state index in [2.05, 4.69) is 5.16 Å². The molecular formula is C9H14N4O3. The monoisotopic (exact) mass is 226 g/mol. The highest BCUT2D eigenvalue weighted by Crippen LogP contribution is 2.12. The summed E-state index contributed by atoms with van der Waals surface area (Å²) in [6, 6.07) is 1.57. The molecule has 0 spiro atoms. The van der Waals surface area contributed by atoms with Crippen molar-refractivity contribution in [3.63, 3.8) is 0 Å². The van der Waals surface area contributed by atoms with Crippen LogP contribution in [0.5, 0.6) is 0 Å². The second-order valence-corrected chi connectivity index (χ2v) is 3.29. The molecule has 0 amide bonds. The summed E-state index contributed by atoms with van der Waals surface area (Å²) in [6.07, 6.45) is 0. The maximum atomic E-state index is 11.4. The summed E-state index contributed by atoms with van der Waals surface area (Å²) in [4.78, 5) is 16.2. The van der Waals surface area contributed by atoms with Crippen molar-refractivity contribution in [2.45, 2.75) is 26.4 Å². The molecule has 88 valence electrons. The van der Waals surface area contributed by atoms with Gasteiger partial charge < -0.3 is 15.3 Å². The van der Waals surface area contributed by atoms with Crippen molar-refractivity contribution in [1.82, 2.24) is 0 Å². The van der Waals surface area contributed by atoms with E-state index in [0.717, 1.165) is 0 Å². The lowest BCUT2D eigenvalue weighted by molar-refractivity contribution is -0.167. The third-order valence-electron chi connectivity index (χ3n) is 1.49. The Morgan fingerprint density at radius 2 is 2.19 bits per heavy atom. The predicted octanol–water partition coefficient (Wildman–Crippen LogP) is 0.160. The molecule has 16 heavy (non-hydrogen) atoms. The number of nitrogens with two attached hydrogens (primary N) is 1. The van der Waals surface area contributed by atoms with Gasteiger partial charge in [-0.25, -0.2) is 4.79 Å². The van der Waals surface area contributed by atoms with Crippen molar-refractivity contribution < 1.29 is 14.4 Å². The number of hydrogen-bond acceptors (Lipinski definition) is 6. The topological polar surface area (TPSA) is 122 Å². The van der Waals surface area contributed by atoms with E-state index in [0.29, 0.717) is 0 Å². The van der Waals surface area contributed by atoms with Gasteiger partial charge in [-0.05, 0) is 20.8 Å². The summed E-state index contributed by atoms with van der Waals surface area (Å²) in [5.41, 5.74) is 3.33. The number of esters is 1. The van der Waals surface area contributed by atoms with Crippen molar-refractivity contribution in [2.24, 2.45) is 10.9 Å². The normalized spacial score (nSPS) is 11.5. The quantitative estimate of drug-likeness (QED) is 0.299. The largest absolute Gasteiger partial charge is 0.463 e. The highest BCUT2D eigenvalue weighted by molar-refractivity contribution is 6.45. The number of ether oxygens (including phenoxy) is 1. The lowest BCUT2D eigenvalue weighted by Gasteiger charge is -2.19. The summed E-state index contributed by atoms with van der Waals surface area (Å²) in [5, 5.41) is 18.8. The first-order valence-corrected chi connectivity index (χ1v) is 4.53. The minimum atomic E-state index is -1.33. The van der Waals surface area contributed by atoms with Crippen LogP contribution < -0.4 is 5.73 Å². The number of amidine groups is 1. The summed E-state index contributed by atoms with van der Waals surface area (Å²) < 4.78 is 4.73. The fraction of sp³-hybridized carbons (Fsp3) is 0.556. The van der Waals surface area contributed by atoms with Crippen LogP contribution in [0.3, 0.4) is 0 Å². The summed E-state index contributed by atoms with van der Waals surface area (Å²) in [7, 11) is 0. The van der Waals surface area contributed by atoms with E-state index < -0.39 is 23.1 Å². The Hall–Kier alpha value is -2.10. The van der Waals surface area contributed by atoms with E-state index in [4.69, 9.17) is 26.0 Å². The van der Waals surface area contributed by atoms with E-state index >= 15 is 0 Å². The van der Waals surface area contributed by atoms with Gasteiger partial charge in [0.2, 0.25) is 11.3 Å². The average molecular weight is 226 g/mol. The number of oxime groups is 1. The van der Waals surface area contributed by atoms with Crippen LogP contribution in [-0.4, -0.2) is 29.7 Å². The van der Waals surface area contributed by atoms with E-state index in [1.54, 1.807) is 13.0 Å². The fourth-order valence-electron chi connectivity index (χ4n) is 0.632. The van der Waals surface area contributed by atoms with E-state index in [1.165, 1.54) is 13.8 Å². The third kappa shape index (κ3) is 3.96. The van der Waals surface area contributed by atoms with Crippen LogP contribution in [-0.2, 0) is 14.4 Å². The standard InChI is InChI=1S/C9H14N4O3/c1-4-15-8(14)9(2,3)16-13-6(5-10)7(11)12/h4H2,1-3H3,(H3,11,12). The van der Waals surface area contributed by atoms with Gasteiger partial charge in [-0.3, -0.25) is 5.41 Å². The van der Waals surface area contributed by atoms with Gasteiger partial charge in [0.25, 0.3) is 0 Å². The molecule has 0 atom stereocenters. The molecule has 0 aliphatic carbocycles. The number of hydrogen-bond donors (Lipinski definition) is 2. The molecular weight excluding hydrogens is 212 g/mol. The van der Waals surface area contributed by atoms with Gasteiger partial charge in [0.1, 0.15) is 6.07 Å². The van der Waals surface area contributed by atoms with Gasteiger partial charge in [0, 0.05) is 0 Å². The van der Waals surface area contributed by atoms with Crippen molar-refractivity contribution in [1.29, 1.82) is 10.7 Å². The minimum absolute atomic E-state index is 0.215. The highest BCUT2D eigenvalue weighted by atomic mass is 16.7. The zero-order chi connectivity index (χ0) is 12.8. The lowest BCUT2D eigenvalue weighted by atomic mass is 10.1. The van der Waals surface area contributed by atoms with Crippen LogP contribution in [0, 0.1) is 16.7 Å². The van der Waals surface area contributed by atoms with Crippen LogP contribution in [0.1, 0.15) is 20.8 Å². The van der Waals surface area contributed by atoms with Crippen LogP contribution in [0.2, 0.25) is 0 Å². The van der Waals surface area contributed by atoms with Crippen LogP contribution >= 0.6 is 0 Å². The molecule has 0 rings (SSSR count). The lowest BCUT2D eigenvalue weighted by Crippen LogP contribution is -2.36. The van der Waals surface area contributed by atoms with E-state index in [1.807, 2.05) is 0 Å². The van der Waals surface area contributed by atoms with Gasteiger partial charge in [0.05, 0.1) is 6.61 Å². The molecule has 0 radical (unpaired) electrons. The first kappa shape index (κ1) is 13.9. The Kier molecular flexibility index (Phi) is 4.95. The van der Waals surface area contributed by atoms with Gasteiger partial charge in [0.15, 0.2) is 5.84 Å². The molecule has 0 aliphatic heterocycles. The Morgan fingerprint density at radius 3 is 2.56 bits per heavy atom. The number of nitrogens with zero attached hydrogens (tertiary/aromatic N) is 2. The molecule has 3 N–H and O–H groups in total. The number of nitrogens with one attached hydrogen (secondary N) is 1. The summed E-state index contributed by atoms with van der Waals surface area (Å²) in [5.74, 6) is -1.14. The Labute approximate surface area is 93.3 Å². The van der Waals surface area contributed by atoms with Gasteiger partial charge >= 0.3 is 5.97 Å². The maximum Gasteiger partial charge on any atom is 0.352 e. The molecule has 0 heterocycles. The second-order valence-electron chi connectivity index (χ2n) is 3.29. The third-order valence-corrected chi connectivity index (χ3v) is 1.49. The van der Waals surface area contributed by atoms with E-state index in [9.17, 15) is 4.79 Å². The number of carbonyl (C=O) groups excluding carboxylic acids is 1. The zero-order valence-corrected chi connectivity index (χ0v) is 9.40. The molecule has 7 nitrogen and oxygen atoms in total. The summed E-state index contributed by atoms with van der Waals surface area (Å²) in [6.45, 7) is 4.74. The molecule has 0 unspecified atom stereocenters. The number of rotatable bonds is 5. The molecule has 0 saturated heterocycles. The molecule has 0 bridgehead atoms. The van der Waals surface area contributed by atoms with Crippen LogP contribution in [0.4, 0.5) is 0 Å². The van der Waals surface area contributed by atoms with Crippen LogP contribution in [0.25, 0.3) is 0 Å². The Morgan fingerprint density at radius 1 is 1.62 bits per heavy atom. The average Bonchev–Trinajstić information content (AvgIpc) is 2.18. The number of carbonyl (C=O) groups is 1. The minimum Gasteiger partial charge on any atom is -0.463 e. The van der Waals surface area contributed by atoms with Crippen molar-refractivity contribution in [3.8, 4) is 6.07 Å². The smallest absolute Gasteiger partial charge is 0.352 e. The fourth-order valence-corrected chi connectivity index (χ4v) is 0.632. The van der Waals surface area contributed by atoms with Gasteiger partial charge in [-0.1, -0.05) is 5.16 Å². The molecule has 0 aromatic carbocycles. The van der Waals surface area contributed by atoms with Crippen molar-refractivity contribution in [2.75, 3.05) is 6.61 Å². The Bertz CT molecular complexity index is 354. The van der Waals surface area contributed by atoms with Gasteiger partial charge in [-0.2, -0.15) is 5.26 Å². The number of nitriles is 1. The van der Waals surface area contributed by atoms with Gasteiger partial charge in [-0.15, -0.1) is 0 Å². The SMILES string of the molecule is CCOC(=O)C(C)(C)ON=C(C#N)C(=N)N. The van der Waals surface area contributed by atoms with Crippen molar-refractivity contribution in [3.05, 3.63) is 0 Å². The molecule has 0 aromatic rings. The summed E-state index contributed by atoms with van der Waals surface area (Å²) >= 11 is 0. The predicted molar refractivity (Wildman–Crippen MR) is 56.8 cm³/mol. The maximum absolute atomic E-state index is 11.4. The second kappa shape index (κ2) is 5.70. The molecule has 0 aliphatic rings. The van der Waals surface area contributed by atoms with E-state index in [-0.39, 0.29) is 6.61 Å². The Balaban J connectivity index is 4.67.